The molecule has 0 heterocycles. The molecule has 1 aromatic rings. The van der Waals surface area contributed by atoms with Crippen LogP contribution in [0.1, 0.15) is 30.9 Å². The van der Waals surface area contributed by atoms with Crippen molar-refractivity contribution >= 4 is 28.7 Å². The van der Waals surface area contributed by atoms with Gasteiger partial charge in [0.15, 0.2) is 0 Å². The van der Waals surface area contributed by atoms with E-state index in [1.807, 2.05) is 4.08 Å². The Bertz CT molecular complexity index is 257. The van der Waals surface area contributed by atoms with Gasteiger partial charge in [-0.05, 0) is 27.2 Å². The van der Waals surface area contributed by atoms with E-state index in [2.05, 4.69) is 66.8 Å². The molecule has 0 saturated carbocycles. The maximum atomic E-state index is 2.23. The SMILES string of the molecule is CC(C)c1ccc(/C=C\[123I])cc1. The molecule has 0 unspecified atom stereocenters. The van der Waals surface area contributed by atoms with Crippen LogP contribution >= 0.6 is 22.6 Å². The summed E-state index contributed by atoms with van der Waals surface area (Å²) >= 11 is 2.23. The van der Waals surface area contributed by atoms with Gasteiger partial charge in [0, 0.05) is 0 Å². The summed E-state index contributed by atoms with van der Waals surface area (Å²) in [4.78, 5) is 0. The zero-order valence-electron chi connectivity index (χ0n) is 7.42. The molecule has 0 aromatic heterocycles. The van der Waals surface area contributed by atoms with Crippen LogP contribution in [-0.4, -0.2) is 0 Å². The molecular formula is C11H13I. The van der Waals surface area contributed by atoms with Crippen molar-refractivity contribution in [3.05, 3.63) is 39.5 Å². The van der Waals surface area contributed by atoms with E-state index in [4.69, 9.17) is 0 Å². The third-order valence-electron chi connectivity index (χ3n) is 1.86. The number of hydrogen-bond donors (Lipinski definition) is 0. The highest BCUT2D eigenvalue weighted by Crippen LogP contribution is 2.15. The van der Waals surface area contributed by atoms with Crippen molar-refractivity contribution in [1.82, 2.24) is 0 Å². The molecule has 0 radical (unpaired) electrons. The minimum atomic E-state index is 0.627. The van der Waals surface area contributed by atoms with Gasteiger partial charge < -0.3 is 0 Å². The molecule has 0 amide bonds. The lowest BCUT2D eigenvalue weighted by Gasteiger charge is -2.04. The van der Waals surface area contributed by atoms with Crippen LogP contribution in [0.5, 0.6) is 0 Å². The van der Waals surface area contributed by atoms with Crippen molar-refractivity contribution in [1.29, 1.82) is 0 Å². The number of hydrogen-bond acceptors (Lipinski definition) is 0. The average Bonchev–Trinajstić information content (AvgIpc) is 2.06. The molecule has 1 heteroatoms. The predicted octanol–water partition coefficient (Wildman–Crippen LogP) is 4.22. The summed E-state index contributed by atoms with van der Waals surface area (Å²) < 4.78 is 2.03. The molecule has 0 aliphatic heterocycles. The van der Waals surface area contributed by atoms with Crippen LogP contribution in [-0.2, 0) is 0 Å². The third kappa shape index (κ3) is 2.63. The van der Waals surface area contributed by atoms with Crippen LogP contribution in [0.4, 0.5) is 0 Å². The van der Waals surface area contributed by atoms with Crippen LogP contribution in [0.15, 0.2) is 28.3 Å². The van der Waals surface area contributed by atoms with E-state index in [1.165, 1.54) is 11.1 Å². The fraction of sp³-hybridized carbons (Fsp3) is 0.273. The normalized spacial score (nSPS) is 11.3. The molecule has 0 aliphatic carbocycles. The van der Waals surface area contributed by atoms with Crippen LogP contribution < -0.4 is 0 Å². The van der Waals surface area contributed by atoms with Gasteiger partial charge in [0.05, 0.1) is 0 Å². The van der Waals surface area contributed by atoms with Crippen molar-refractivity contribution in [2.45, 2.75) is 19.8 Å². The van der Waals surface area contributed by atoms with E-state index in [0.717, 1.165) is 0 Å². The zero-order chi connectivity index (χ0) is 8.97. The standard InChI is InChI=1S/C11H13I/c1-9(2)11-5-3-10(4-6-11)7-8-12/h3-9H,1-2H3/b8-7-/i12-4. The van der Waals surface area contributed by atoms with E-state index in [0.29, 0.717) is 5.92 Å². The molecule has 12 heavy (non-hydrogen) atoms. The molecule has 0 spiro atoms. The van der Waals surface area contributed by atoms with Crippen LogP contribution in [0.3, 0.4) is 0 Å². The number of benzene rings is 1. The summed E-state index contributed by atoms with van der Waals surface area (Å²) in [5.41, 5.74) is 2.68. The summed E-state index contributed by atoms with van der Waals surface area (Å²) in [6.45, 7) is 4.42. The molecule has 0 atom stereocenters. The Hall–Kier alpha value is -0.310. The molecule has 0 bridgehead atoms. The maximum Gasteiger partial charge on any atom is -0.0219 e. The van der Waals surface area contributed by atoms with Crippen LogP contribution in [0, 0.1) is 0 Å². The fourth-order valence-corrected chi connectivity index (χ4v) is 1.48. The molecule has 0 N–H and O–H groups in total. The second-order valence-electron chi connectivity index (χ2n) is 3.11. The highest BCUT2D eigenvalue weighted by atomic mass is 123. The maximum absolute atomic E-state index is 2.23. The van der Waals surface area contributed by atoms with E-state index in [9.17, 15) is 0 Å². The molecule has 0 aliphatic rings. The third-order valence-corrected chi connectivity index (χ3v) is 2.22. The molecule has 1 aromatic carbocycles. The molecule has 0 nitrogen and oxygen atoms in total. The quantitative estimate of drug-likeness (QED) is 0.704. The first-order chi connectivity index (χ1) is 5.74. The number of rotatable bonds is 2. The lowest BCUT2D eigenvalue weighted by Crippen LogP contribution is -1.85. The van der Waals surface area contributed by atoms with E-state index in [1.54, 1.807) is 0 Å². The lowest BCUT2D eigenvalue weighted by molar-refractivity contribution is 0.866. The van der Waals surface area contributed by atoms with Crippen molar-refractivity contribution < 1.29 is 0 Å². The summed E-state index contributed by atoms with van der Waals surface area (Å²) in [6.07, 6.45) is 2.10. The zero-order valence-corrected chi connectivity index (χ0v) is 9.58. The monoisotopic (exact) mass is 268 g/mol. The Balaban J connectivity index is 2.85. The second kappa shape index (κ2) is 4.65. The van der Waals surface area contributed by atoms with Gasteiger partial charge in [0.25, 0.3) is 0 Å². The minimum absolute atomic E-state index is 0.627. The van der Waals surface area contributed by atoms with Crippen molar-refractivity contribution in [3.63, 3.8) is 0 Å². The van der Waals surface area contributed by atoms with Gasteiger partial charge in [-0.2, -0.15) is 0 Å². The Morgan fingerprint density at radius 1 is 1.17 bits per heavy atom. The van der Waals surface area contributed by atoms with E-state index in [-0.39, 0.29) is 0 Å². The summed E-state index contributed by atoms with van der Waals surface area (Å²) in [5.74, 6) is 0.627. The average molecular weight is 268 g/mol. The smallest absolute Gasteiger partial charge is 0.0219 e. The molecule has 0 fully saturated rings. The van der Waals surface area contributed by atoms with Crippen molar-refractivity contribution in [3.8, 4) is 0 Å². The van der Waals surface area contributed by atoms with E-state index < -0.39 is 0 Å². The van der Waals surface area contributed by atoms with Gasteiger partial charge >= 0.3 is 0 Å². The summed E-state index contributed by atoms with van der Waals surface area (Å²) in [6, 6.07) is 8.70. The topological polar surface area (TPSA) is 0 Å². The van der Waals surface area contributed by atoms with Gasteiger partial charge in [0.1, 0.15) is 0 Å². The Morgan fingerprint density at radius 3 is 2.17 bits per heavy atom. The van der Waals surface area contributed by atoms with Gasteiger partial charge in [-0.1, -0.05) is 60.7 Å². The van der Waals surface area contributed by atoms with Gasteiger partial charge in [-0.3, -0.25) is 0 Å². The summed E-state index contributed by atoms with van der Waals surface area (Å²) in [5, 5.41) is 0. The highest BCUT2D eigenvalue weighted by Gasteiger charge is 1.96. The van der Waals surface area contributed by atoms with Gasteiger partial charge in [0.2, 0.25) is 0 Å². The Labute approximate surface area is 87.8 Å². The first kappa shape index (κ1) is 9.78. The van der Waals surface area contributed by atoms with E-state index >= 15 is 0 Å². The van der Waals surface area contributed by atoms with Gasteiger partial charge in [-0.15, -0.1) is 0 Å². The summed E-state index contributed by atoms with van der Waals surface area (Å²) in [7, 11) is 0. The molecular weight excluding hydrogens is 255 g/mol. The predicted molar refractivity (Wildman–Crippen MR) is 63.6 cm³/mol. The number of halogens is 1. The first-order valence-corrected chi connectivity index (χ1v) is 5.35. The largest absolute Gasteiger partial charge is 0.0587 e. The second-order valence-corrected chi connectivity index (χ2v) is 3.83. The van der Waals surface area contributed by atoms with Crippen molar-refractivity contribution in [2.75, 3.05) is 0 Å². The lowest BCUT2D eigenvalue weighted by atomic mass is 10.0. The molecule has 1 rings (SSSR count). The van der Waals surface area contributed by atoms with Crippen LogP contribution in [0.2, 0.25) is 0 Å². The first-order valence-electron chi connectivity index (χ1n) is 4.10. The molecule has 0 saturated heterocycles. The van der Waals surface area contributed by atoms with Crippen LogP contribution in [0.25, 0.3) is 6.08 Å². The Kier molecular flexibility index (Phi) is 3.79. The highest BCUT2D eigenvalue weighted by molar-refractivity contribution is 14.1. The fourth-order valence-electron chi connectivity index (χ4n) is 1.06. The Morgan fingerprint density at radius 2 is 1.75 bits per heavy atom. The van der Waals surface area contributed by atoms with Crippen molar-refractivity contribution in [2.24, 2.45) is 0 Å². The minimum Gasteiger partial charge on any atom is -0.0587 e. The molecule has 64 valence electrons. The van der Waals surface area contributed by atoms with Gasteiger partial charge in [-0.25, -0.2) is 0 Å².